The monoisotopic (exact) mass is 392 g/mol. The molecule has 146 valence electrons. The summed E-state index contributed by atoms with van der Waals surface area (Å²) in [5.74, 6) is -0.331. The summed E-state index contributed by atoms with van der Waals surface area (Å²) < 4.78 is 60.0. The van der Waals surface area contributed by atoms with E-state index >= 15 is 0 Å². The molecule has 2 aromatic carbocycles. The van der Waals surface area contributed by atoms with E-state index in [1.807, 2.05) is 0 Å². The minimum atomic E-state index is -4.62. The van der Waals surface area contributed by atoms with E-state index in [2.05, 4.69) is 4.98 Å². The summed E-state index contributed by atoms with van der Waals surface area (Å²) in [6, 6.07) is 10.1. The zero-order valence-electron chi connectivity index (χ0n) is 14.8. The summed E-state index contributed by atoms with van der Waals surface area (Å²) in [5.41, 5.74) is -0.987. The smallest absolute Gasteiger partial charge is 0.416 e. The lowest BCUT2D eigenvalue weighted by molar-refractivity contribution is -0.137. The van der Waals surface area contributed by atoms with Crippen molar-refractivity contribution in [1.29, 1.82) is 0 Å². The maximum atomic E-state index is 13.4. The molecule has 1 fully saturated rings. The average Bonchev–Trinajstić information content (AvgIpc) is 3.35. The second-order valence-electron chi connectivity index (χ2n) is 6.80. The van der Waals surface area contributed by atoms with Crippen LogP contribution in [0.4, 0.5) is 17.6 Å². The van der Waals surface area contributed by atoms with E-state index in [0.717, 1.165) is 16.7 Å². The standard InChI is InChI=1S/C20H16F4N2O2/c1-28-17-10-12(20(22,23)24)9-16-18(17)15(8-11-7-14(11)21)25-19(27)26(16)13-5-3-2-4-6-13/h2-6,9-11,14H,7-8H2,1H3/t11-,14-/m0/s1. The molecule has 0 saturated heterocycles. The molecule has 4 rings (SSSR count). The molecule has 2 atom stereocenters. The zero-order valence-corrected chi connectivity index (χ0v) is 14.8. The Hall–Kier alpha value is -2.90. The first-order chi connectivity index (χ1) is 13.3. The average molecular weight is 392 g/mol. The molecule has 0 bridgehead atoms. The van der Waals surface area contributed by atoms with Crippen molar-refractivity contribution >= 4 is 10.9 Å². The normalized spacial score (nSPS) is 19.0. The Kier molecular flexibility index (Phi) is 4.36. The highest BCUT2D eigenvalue weighted by atomic mass is 19.4. The van der Waals surface area contributed by atoms with Crippen LogP contribution >= 0.6 is 0 Å². The highest BCUT2D eigenvalue weighted by Crippen LogP contribution is 2.41. The third kappa shape index (κ3) is 3.23. The van der Waals surface area contributed by atoms with Crippen LogP contribution in [0.15, 0.2) is 47.3 Å². The van der Waals surface area contributed by atoms with E-state index in [0.29, 0.717) is 12.1 Å². The van der Waals surface area contributed by atoms with Crippen molar-refractivity contribution in [2.45, 2.75) is 25.2 Å². The number of alkyl halides is 4. The van der Waals surface area contributed by atoms with Crippen LogP contribution in [0.2, 0.25) is 0 Å². The predicted octanol–water partition coefficient (Wildman–Crippen LogP) is 4.31. The van der Waals surface area contributed by atoms with Gasteiger partial charge < -0.3 is 4.74 Å². The van der Waals surface area contributed by atoms with Gasteiger partial charge >= 0.3 is 11.9 Å². The van der Waals surface area contributed by atoms with Crippen molar-refractivity contribution < 1.29 is 22.3 Å². The van der Waals surface area contributed by atoms with Crippen LogP contribution in [0.5, 0.6) is 5.75 Å². The van der Waals surface area contributed by atoms with Crippen molar-refractivity contribution in [3.05, 3.63) is 64.2 Å². The van der Waals surface area contributed by atoms with Gasteiger partial charge in [0, 0.05) is 0 Å². The molecule has 3 aromatic rings. The zero-order chi connectivity index (χ0) is 20.1. The number of ether oxygens (including phenoxy) is 1. The Morgan fingerprint density at radius 2 is 1.89 bits per heavy atom. The number of fused-ring (bicyclic) bond motifs is 1. The van der Waals surface area contributed by atoms with Crippen LogP contribution in [0.1, 0.15) is 17.7 Å². The summed E-state index contributed by atoms with van der Waals surface area (Å²) in [5, 5.41) is 0.290. The van der Waals surface area contributed by atoms with Crippen molar-refractivity contribution in [2.24, 2.45) is 5.92 Å². The molecule has 1 aliphatic carbocycles. The van der Waals surface area contributed by atoms with Gasteiger partial charge in [-0.25, -0.2) is 9.18 Å². The SMILES string of the molecule is COc1cc(C(F)(F)F)cc2c1c(C[C@@H]1C[C@@H]1F)nc(=O)n2-c1ccccc1. The molecule has 1 heterocycles. The van der Waals surface area contributed by atoms with Gasteiger partial charge in [0.15, 0.2) is 0 Å². The first-order valence-electron chi connectivity index (χ1n) is 8.70. The fourth-order valence-corrected chi connectivity index (χ4v) is 3.36. The first kappa shape index (κ1) is 18.5. The van der Waals surface area contributed by atoms with E-state index < -0.39 is 23.6 Å². The second-order valence-corrected chi connectivity index (χ2v) is 6.80. The number of halogens is 4. The maximum absolute atomic E-state index is 13.4. The van der Waals surface area contributed by atoms with Crippen molar-refractivity contribution in [2.75, 3.05) is 7.11 Å². The minimum Gasteiger partial charge on any atom is -0.496 e. The van der Waals surface area contributed by atoms with Crippen LogP contribution in [-0.2, 0) is 12.6 Å². The molecule has 0 N–H and O–H groups in total. The molecule has 0 aliphatic heterocycles. The van der Waals surface area contributed by atoms with Gasteiger partial charge in [-0.1, -0.05) is 18.2 Å². The Bertz CT molecular complexity index is 1090. The van der Waals surface area contributed by atoms with Gasteiger partial charge in [-0.3, -0.25) is 4.57 Å². The molecule has 1 aliphatic rings. The number of hydrogen-bond donors (Lipinski definition) is 0. The fourth-order valence-electron chi connectivity index (χ4n) is 3.36. The molecule has 4 nitrogen and oxygen atoms in total. The summed E-state index contributed by atoms with van der Waals surface area (Å²) >= 11 is 0. The van der Waals surface area contributed by atoms with Gasteiger partial charge in [-0.2, -0.15) is 18.2 Å². The third-order valence-corrected chi connectivity index (χ3v) is 4.89. The molecule has 8 heteroatoms. The highest BCUT2D eigenvalue weighted by Gasteiger charge is 2.39. The molecule has 1 saturated carbocycles. The number of benzene rings is 2. The van der Waals surface area contributed by atoms with E-state index in [4.69, 9.17) is 4.74 Å². The predicted molar refractivity (Wildman–Crippen MR) is 95.6 cm³/mol. The van der Waals surface area contributed by atoms with Crippen molar-refractivity contribution in [1.82, 2.24) is 9.55 Å². The Morgan fingerprint density at radius 1 is 1.21 bits per heavy atom. The van der Waals surface area contributed by atoms with Crippen LogP contribution < -0.4 is 10.4 Å². The van der Waals surface area contributed by atoms with E-state index in [1.54, 1.807) is 30.3 Å². The Labute approximate surface area is 157 Å². The number of methoxy groups -OCH3 is 1. The fraction of sp³-hybridized carbons (Fsp3) is 0.300. The summed E-state index contributed by atoms with van der Waals surface area (Å²) in [4.78, 5) is 16.8. The number of aromatic nitrogens is 2. The molecule has 0 radical (unpaired) electrons. The van der Waals surface area contributed by atoms with Gasteiger partial charge in [0.2, 0.25) is 0 Å². The quantitative estimate of drug-likeness (QED) is 0.622. The molecule has 0 spiro atoms. The molecular formula is C20H16F4N2O2. The van der Waals surface area contributed by atoms with Crippen molar-refractivity contribution in [3.63, 3.8) is 0 Å². The lowest BCUT2D eigenvalue weighted by Crippen LogP contribution is -2.24. The van der Waals surface area contributed by atoms with Crippen LogP contribution in [-0.4, -0.2) is 22.8 Å². The summed E-state index contributed by atoms with van der Waals surface area (Å²) in [6.07, 6.45) is -5.07. The topological polar surface area (TPSA) is 44.1 Å². The van der Waals surface area contributed by atoms with Gasteiger partial charge in [0.1, 0.15) is 11.9 Å². The highest BCUT2D eigenvalue weighted by molar-refractivity contribution is 5.89. The Balaban J connectivity index is 2.07. The summed E-state index contributed by atoms with van der Waals surface area (Å²) in [6.45, 7) is 0. The third-order valence-electron chi connectivity index (χ3n) is 4.89. The Morgan fingerprint density at radius 3 is 2.46 bits per heavy atom. The first-order valence-corrected chi connectivity index (χ1v) is 8.70. The maximum Gasteiger partial charge on any atom is 0.416 e. The van der Waals surface area contributed by atoms with E-state index in [-0.39, 0.29) is 34.7 Å². The molecule has 0 unspecified atom stereocenters. The number of hydrogen-bond acceptors (Lipinski definition) is 3. The van der Waals surface area contributed by atoms with Crippen LogP contribution in [0, 0.1) is 5.92 Å². The number of rotatable bonds is 4. The molecule has 1 aromatic heterocycles. The van der Waals surface area contributed by atoms with Gasteiger partial charge in [0.05, 0.1) is 35.0 Å². The molecular weight excluding hydrogens is 376 g/mol. The second kappa shape index (κ2) is 6.61. The molecule has 0 amide bonds. The van der Waals surface area contributed by atoms with Crippen LogP contribution in [0.25, 0.3) is 16.6 Å². The largest absolute Gasteiger partial charge is 0.496 e. The number of nitrogens with zero attached hydrogens (tertiary/aromatic N) is 2. The van der Waals surface area contributed by atoms with E-state index in [1.165, 1.54) is 7.11 Å². The summed E-state index contributed by atoms with van der Waals surface area (Å²) in [7, 11) is 1.26. The number of para-hydroxylation sites is 1. The molecule has 28 heavy (non-hydrogen) atoms. The van der Waals surface area contributed by atoms with Crippen LogP contribution in [0.3, 0.4) is 0 Å². The van der Waals surface area contributed by atoms with Gasteiger partial charge in [-0.05, 0) is 43.0 Å². The van der Waals surface area contributed by atoms with E-state index in [9.17, 15) is 22.4 Å². The van der Waals surface area contributed by atoms with Gasteiger partial charge in [-0.15, -0.1) is 0 Å². The lowest BCUT2D eigenvalue weighted by Gasteiger charge is -2.17. The minimum absolute atomic E-state index is 0.0314. The van der Waals surface area contributed by atoms with Crippen molar-refractivity contribution in [3.8, 4) is 11.4 Å². The lowest BCUT2D eigenvalue weighted by atomic mass is 10.0. The van der Waals surface area contributed by atoms with Gasteiger partial charge in [0.25, 0.3) is 0 Å².